The van der Waals surface area contributed by atoms with Crippen LogP contribution < -0.4 is 0 Å². The molecule has 0 aliphatic carbocycles. The molecule has 136 valence electrons. The van der Waals surface area contributed by atoms with Crippen LogP contribution in [-0.2, 0) is 4.79 Å². The Kier molecular flexibility index (Phi) is 4.11. The summed E-state index contributed by atoms with van der Waals surface area (Å²) < 4.78 is 2.16. The van der Waals surface area contributed by atoms with E-state index in [0.29, 0.717) is 5.17 Å². The molecular formula is C20H19N5OS. The van der Waals surface area contributed by atoms with Crippen LogP contribution in [0.1, 0.15) is 28.1 Å². The number of amides is 1. The zero-order chi connectivity index (χ0) is 19.3. The zero-order valence-corrected chi connectivity index (χ0v) is 16.4. The maximum Gasteiger partial charge on any atom is 0.283 e. The highest BCUT2D eigenvalue weighted by atomic mass is 32.2. The number of aliphatic imine (C=N–C) groups is 1. The van der Waals surface area contributed by atoms with Gasteiger partial charge in [0.15, 0.2) is 11.0 Å². The maximum atomic E-state index is 12.4. The first-order valence-electron chi connectivity index (χ1n) is 8.56. The molecule has 7 heteroatoms. The molecule has 0 radical (unpaired) electrons. The van der Waals surface area contributed by atoms with Gasteiger partial charge < -0.3 is 4.57 Å². The Labute approximate surface area is 161 Å². The largest absolute Gasteiger partial charge is 0.318 e. The molecule has 2 aromatic rings. The standard InChI is InChI=1S/C20H19N5OS/c1-11-5-6-16(7-12(11)2)24-13(3)8-15(14(24)4)9-17-18(21)25-20(23-19(17)26)27-10-22-25/h5-10,21H,1-4H3. The van der Waals surface area contributed by atoms with Crippen molar-refractivity contribution < 1.29 is 4.79 Å². The summed E-state index contributed by atoms with van der Waals surface area (Å²) in [7, 11) is 0. The minimum absolute atomic E-state index is 0.0576. The van der Waals surface area contributed by atoms with Gasteiger partial charge in [-0.1, -0.05) is 6.07 Å². The number of aryl methyl sites for hydroxylation is 3. The molecule has 0 saturated heterocycles. The maximum absolute atomic E-state index is 12.4. The SMILES string of the molecule is Cc1ccc(-n2c(C)cc(C=C3C(=N)N4N=CSC4=NC3=O)c2C)cc1C. The van der Waals surface area contributed by atoms with Crippen LogP contribution in [0.5, 0.6) is 0 Å². The second kappa shape index (κ2) is 6.35. The molecule has 0 saturated carbocycles. The van der Waals surface area contributed by atoms with Crippen molar-refractivity contribution in [2.45, 2.75) is 27.7 Å². The number of nitrogens with zero attached hydrogens (tertiary/aromatic N) is 4. The van der Waals surface area contributed by atoms with Gasteiger partial charge in [-0.05, 0) is 80.4 Å². The van der Waals surface area contributed by atoms with Crippen LogP contribution in [0.25, 0.3) is 11.8 Å². The van der Waals surface area contributed by atoms with Crippen LogP contribution in [0.4, 0.5) is 0 Å². The Hall–Kier alpha value is -2.93. The monoisotopic (exact) mass is 377 g/mol. The van der Waals surface area contributed by atoms with Gasteiger partial charge in [0.2, 0.25) is 0 Å². The van der Waals surface area contributed by atoms with E-state index in [4.69, 9.17) is 5.41 Å². The molecule has 2 aliphatic heterocycles. The van der Waals surface area contributed by atoms with Gasteiger partial charge in [-0.25, -0.2) is 0 Å². The van der Waals surface area contributed by atoms with Gasteiger partial charge in [0.25, 0.3) is 5.91 Å². The number of rotatable bonds is 2. The first-order valence-corrected chi connectivity index (χ1v) is 9.44. The first kappa shape index (κ1) is 17.5. The molecule has 1 aromatic heterocycles. The van der Waals surface area contributed by atoms with E-state index in [0.717, 1.165) is 22.6 Å². The average Bonchev–Trinajstić information content (AvgIpc) is 3.19. The second-order valence-corrected chi connectivity index (χ2v) is 7.50. The van der Waals surface area contributed by atoms with Crippen molar-refractivity contribution in [3.05, 3.63) is 57.9 Å². The molecule has 0 spiro atoms. The summed E-state index contributed by atoms with van der Waals surface area (Å²) in [5.41, 5.74) is 8.37. The fourth-order valence-corrected chi connectivity index (χ4v) is 3.90. The van der Waals surface area contributed by atoms with Crippen molar-refractivity contribution in [2.24, 2.45) is 10.1 Å². The van der Waals surface area contributed by atoms with E-state index in [2.05, 4.69) is 46.7 Å². The summed E-state index contributed by atoms with van der Waals surface area (Å²) in [6, 6.07) is 8.40. The molecule has 3 heterocycles. The van der Waals surface area contributed by atoms with Gasteiger partial charge in [0, 0.05) is 17.1 Å². The number of hydrazone groups is 1. The second-order valence-electron chi connectivity index (χ2n) is 6.69. The summed E-state index contributed by atoms with van der Waals surface area (Å²) in [6.45, 7) is 8.25. The first-order chi connectivity index (χ1) is 12.9. The quantitative estimate of drug-likeness (QED) is 0.805. The Morgan fingerprint density at radius 1 is 1.11 bits per heavy atom. The number of nitrogens with one attached hydrogen (secondary N) is 1. The van der Waals surface area contributed by atoms with Crippen molar-refractivity contribution in [1.29, 1.82) is 5.41 Å². The lowest BCUT2D eigenvalue weighted by molar-refractivity contribution is -0.114. The van der Waals surface area contributed by atoms with Crippen LogP contribution in [0.3, 0.4) is 0 Å². The van der Waals surface area contributed by atoms with Gasteiger partial charge in [0.1, 0.15) is 0 Å². The number of fused-ring (bicyclic) bond motifs is 1. The van der Waals surface area contributed by atoms with Crippen molar-refractivity contribution in [3.63, 3.8) is 0 Å². The van der Waals surface area contributed by atoms with Crippen LogP contribution >= 0.6 is 11.8 Å². The molecule has 1 amide bonds. The molecule has 0 bridgehead atoms. The van der Waals surface area contributed by atoms with Gasteiger partial charge in [0.05, 0.1) is 11.1 Å². The highest BCUT2D eigenvalue weighted by molar-refractivity contribution is 8.25. The number of carbonyl (C=O) groups excluding carboxylic acids is 1. The fourth-order valence-electron chi connectivity index (χ4n) is 3.29. The number of hydrogen-bond donors (Lipinski definition) is 1. The Balaban J connectivity index is 1.79. The molecule has 4 rings (SSSR count). The molecular weight excluding hydrogens is 358 g/mol. The smallest absolute Gasteiger partial charge is 0.283 e. The van der Waals surface area contributed by atoms with Gasteiger partial charge in [-0.2, -0.15) is 15.1 Å². The number of aromatic nitrogens is 1. The molecule has 0 unspecified atom stereocenters. The predicted octanol–water partition coefficient (Wildman–Crippen LogP) is 3.96. The van der Waals surface area contributed by atoms with E-state index >= 15 is 0 Å². The number of hydrogen-bond acceptors (Lipinski definition) is 4. The van der Waals surface area contributed by atoms with E-state index in [-0.39, 0.29) is 11.4 Å². The summed E-state index contributed by atoms with van der Waals surface area (Å²) >= 11 is 1.24. The highest BCUT2D eigenvalue weighted by Crippen LogP contribution is 2.28. The van der Waals surface area contributed by atoms with E-state index in [1.807, 2.05) is 19.9 Å². The molecule has 27 heavy (non-hydrogen) atoms. The molecule has 6 nitrogen and oxygen atoms in total. The summed E-state index contributed by atoms with van der Waals surface area (Å²) in [5.74, 6) is -0.345. The zero-order valence-electron chi connectivity index (χ0n) is 15.6. The lowest BCUT2D eigenvalue weighted by atomic mass is 10.1. The van der Waals surface area contributed by atoms with E-state index in [9.17, 15) is 4.79 Å². The predicted molar refractivity (Wildman–Crippen MR) is 111 cm³/mol. The number of amidine groups is 2. The van der Waals surface area contributed by atoms with Crippen LogP contribution in [0, 0.1) is 33.1 Å². The third-order valence-corrected chi connectivity index (χ3v) is 5.59. The normalized spacial score (nSPS) is 17.7. The molecule has 1 aromatic carbocycles. The molecule has 0 fully saturated rings. The summed E-state index contributed by atoms with van der Waals surface area (Å²) in [5, 5.41) is 14.2. The van der Waals surface area contributed by atoms with E-state index < -0.39 is 5.91 Å². The average molecular weight is 377 g/mol. The lowest BCUT2D eigenvalue weighted by Gasteiger charge is -2.20. The third-order valence-electron chi connectivity index (χ3n) is 4.92. The molecule has 2 aliphatic rings. The van der Waals surface area contributed by atoms with Crippen LogP contribution in [0.2, 0.25) is 0 Å². The Bertz CT molecular complexity index is 1090. The number of thioether (sulfide) groups is 1. The Morgan fingerprint density at radius 2 is 1.89 bits per heavy atom. The van der Waals surface area contributed by atoms with Gasteiger partial charge in [-0.15, -0.1) is 0 Å². The minimum Gasteiger partial charge on any atom is -0.318 e. The minimum atomic E-state index is -0.403. The van der Waals surface area contributed by atoms with Gasteiger partial charge >= 0.3 is 0 Å². The topological polar surface area (TPSA) is 73.8 Å². The Morgan fingerprint density at radius 3 is 2.63 bits per heavy atom. The number of benzene rings is 1. The van der Waals surface area contributed by atoms with Crippen molar-refractivity contribution in [2.75, 3.05) is 0 Å². The third kappa shape index (κ3) is 2.84. The lowest BCUT2D eigenvalue weighted by Crippen LogP contribution is -2.35. The van der Waals surface area contributed by atoms with Crippen molar-refractivity contribution in [1.82, 2.24) is 9.58 Å². The van der Waals surface area contributed by atoms with Crippen molar-refractivity contribution >= 4 is 40.3 Å². The highest BCUT2D eigenvalue weighted by Gasteiger charge is 2.32. The number of carbonyl (C=O) groups is 1. The van der Waals surface area contributed by atoms with Gasteiger partial charge in [-0.3, -0.25) is 10.2 Å². The summed E-state index contributed by atoms with van der Waals surface area (Å²) in [6.07, 6.45) is 1.74. The van der Waals surface area contributed by atoms with E-state index in [1.54, 1.807) is 11.6 Å². The fraction of sp³-hybridized carbons (Fsp3) is 0.200. The van der Waals surface area contributed by atoms with Crippen LogP contribution in [0.15, 0.2) is 39.9 Å². The van der Waals surface area contributed by atoms with Crippen LogP contribution in [-0.4, -0.2) is 32.0 Å². The van der Waals surface area contributed by atoms with Crippen molar-refractivity contribution in [3.8, 4) is 5.69 Å². The van der Waals surface area contributed by atoms with E-state index in [1.165, 1.54) is 27.9 Å². The molecule has 1 N–H and O–H groups in total. The summed E-state index contributed by atoms with van der Waals surface area (Å²) in [4.78, 5) is 16.4. The molecule has 0 atom stereocenters.